The molecule has 2 rings (SSSR count). The summed E-state index contributed by atoms with van der Waals surface area (Å²) in [5, 5.41) is 6.49. The molecule has 0 radical (unpaired) electrons. The van der Waals surface area contributed by atoms with Gasteiger partial charge in [-0.05, 0) is 48.7 Å². The minimum atomic E-state index is -0.178. The third-order valence-electron chi connectivity index (χ3n) is 3.58. The van der Waals surface area contributed by atoms with Gasteiger partial charge in [0.15, 0.2) is 0 Å². The van der Waals surface area contributed by atoms with E-state index in [2.05, 4.69) is 10.6 Å². The molecule has 2 aromatic carbocycles. The van der Waals surface area contributed by atoms with E-state index in [4.69, 9.17) is 16.3 Å². The minimum absolute atomic E-state index is 0.0727. The van der Waals surface area contributed by atoms with Gasteiger partial charge in [-0.1, -0.05) is 35.9 Å². The molecule has 0 fully saturated rings. The van der Waals surface area contributed by atoms with E-state index in [0.29, 0.717) is 11.6 Å². The third-order valence-corrected chi connectivity index (χ3v) is 3.83. The highest BCUT2D eigenvalue weighted by Gasteiger charge is 2.09. The van der Waals surface area contributed by atoms with Crippen LogP contribution in [0.25, 0.3) is 0 Å². The van der Waals surface area contributed by atoms with Crippen LogP contribution in [-0.4, -0.2) is 19.7 Å². The number of amides is 2. The molecule has 0 aliphatic carbocycles. The van der Waals surface area contributed by atoms with Crippen molar-refractivity contribution in [2.45, 2.75) is 19.4 Å². The summed E-state index contributed by atoms with van der Waals surface area (Å²) in [4.78, 5) is 11.9. The van der Waals surface area contributed by atoms with E-state index >= 15 is 0 Å². The number of halogens is 1. The summed E-state index contributed by atoms with van der Waals surface area (Å²) >= 11 is 5.84. The van der Waals surface area contributed by atoms with Crippen molar-refractivity contribution in [1.82, 2.24) is 10.6 Å². The Morgan fingerprint density at radius 2 is 1.78 bits per heavy atom. The fourth-order valence-corrected chi connectivity index (χ4v) is 2.32. The van der Waals surface area contributed by atoms with Crippen molar-refractivity contribution in [2.75, 3.05) is 13.7 Å². The standard InChI is InChI=1S/C18H21ClN2O2/c1-13(15-5-9-17(23-2)10-6-15)21-18(22)20-12-11-14-3-7-16(19)8-4-14/h3-10,13H,11-12H2,1-2H3,(H2,20,21,22). The summed E-state index contributed by atoms with van der Waals surface area (Å²) in [6.07, 6.45) is 0.765. The monoisotopic (exact) mass is 332 g/mol. The number of methoxy groups -OCH3 is 1. The second kappa shape index (κ2) is 8.44. The van der Waals surface area contributed by atoms with Crippen LogP contribution >= 0.6 is 11.6 Å². The van der Waals surface area contributed by atoms with E-state index in [1.54, 1.807) is 7.11 Å². The molecule has 2 N–H and O–H groups in total. The van der Waals surface area contributed by atoms with Crippen molar-refractivity contribution in [3.05, 3.63) is 64.7 Å². The lowest BCUT2D eigenvalue weighted by Gasteiger charge is -2.15. The molecule has 122 valence electrons. The van der Waals surface area contributed by atoms with Gasteiger partial charge < -0.3 is 15.4 Å². The van der Waals surface area contributed by atoms with Crippen molar-refractivity contribution in [3.63, 3.8) is 0 Å². The van der Waals surface area contributed by atoms with Crippen LogP contribution in [0.3, 0.4) is 0 Å². The zero-order chi connectivity index (χ0) is 16.7. The second-order valence-corrected chi connectivity index (χ2v) is 5.71. The van der Waals surface area contributed by atoms with Crippen molar-refractivity contribution < 1.29 is 9.53 Å². The lowest BCUT2D eigenvalue weighted by atomic mass is 10.1. The van der Waals surface area contributed by atoms with Crippen LogP contribution in [0.5, 0.6) is 5.75 Å². The van der Waals surface area contributed by atoms with Gasteiger partial charge in [-0.15, -0.1) is 0 Å². The predicted octanol–water partition coefficient (Wildman–Crippen LogP) is 3.95. The smallest absolute Gasteiger partial charge is 0.315 e. The van der Waals surface area contributed by atoms with Crippen molar-refractivity contribution >= 4 is 17.6 Å². The quantitative estimate of drug-likeness (QED) is 0.841. The highest BCUT2D eigenvalue weighted by molar-refractivity contribution is 6.30. The molecule has 0 saturated carbocycles. The van der Waals surface area contributed by atoms with Crippen LogP contribution in [0.2, 0.25) is 5.02 Å². The molecule has 0 saturated heterocycles. The number of benzene rings is 2. The Balaban J connectivity index is 1.76. The zero-order valence-electron chi connectivity index (χ0n) is 13.3. The van der Waals surface area contributed by atoms with E-state index < -0.39 is 0 Å². The highest BCUT2D eigenvalue weighted by atomic mass is 35.5. The number of urea groups is 1. The molecule has 23 heavy (non-hydrogen) atoms. The second-order valence-electron chi connectivity index (χ2n) is 5.27. The van der Waals surface area contributed by atoms with Gasteiger partial charge in [-0.2, -0.15) is 0 Å². The molecule has 0 heterocycles. The molecule has 0 aliphatic rings. The molecular formula is C18H21ClN2O2. The van der Waals surface area contributed by atoms with Crippen LogP contribution in [0.4, 0.5) is 4.79 Å². The molecule has 2 amide bonds. The third kappa shape index (κ3) is 5.49. The number of nitrogens with one attached hydrogen (secondary N) is 2. The Bertz CT molecular complexity index is 626. The first kappa shape index (κ1) is 17.2. The fourth-order valence-electron chi connectivity index (χ4n) is 2.20. The first-order chi connectivity index (χ1) is 11.1. The van der Waals surface area contributed by atoms with Crippen LogP contribution in [0, 0.1) is 0 Å². The normalized spacial score (nSPS) is 11.6. The number of rotatable bonds is 6. The van der Waals surface area contributed by atoms with Gasteiger partial charge in [0, 0.05) is 11.6 Å². The van der Waals surface area contributed by atoms with Crippen LogP contribution in [0.1, 0.15) is 24.1 Å². The van der Waals surface area contributed by atoms with Gasteiger partial charge in [-0.25, -0.2) is 4.79 Å². The molecular weight excluding hydrogens is 312 g/mol. The van der Waals surface area contributed by atoms with E-state index in [9.17, 15) is 4.79 Å². The van der Waals surface area contributed by atoms with E-state index in [-0.39, 0.29) is 12.1 Å². The van der Waals surface area contributed by atoms with Gasteiger partial charge in [0.05, 0.1) is 13.2 Å². The summed E-state index contributed by atoms with van der Waals surface area (Å²) in [7, 11) is 1.63. The summed E-state index contributed by atoms with van der Waals surface area (Å²) in [5.74, 6) is 0.799. The average Bonchev–Trinajstić information content (AvgIpc) is 2.56. The van der Waals surface area contributed by atoms with Crippen molar-refractivity contribution in [3.8, 4) is 5.75 Å². The first-order valence-electron chi connectivity index (χ1n) is 7.51. The molecule has 0 aromatic heterocycles. The maximum Gasteiger partial charge on any atom is 0.315 e. The van der Waals surface area contributed by atoms with E-state index in [1.165, 1.54) is 0 Å². The predicted molar refractivity (Wildman–Crippen MR) is 93.1 cm³/mol. The Hall–Kier alpha value is -2.20. The molecule has 5 heteroatoms. The lowest BCUT2D eigenvalue weighted by molar-refractivity contribution is 0.238. The SMILES string of the molecule is COc1ccc(C(C)NC(=O)NCCc2ccc(Cl)cc2)cc1. The lowest BCUT2D eigenvalue weighted by Crippen LogP contribution is -2.38. The Labute approximate surface area is 141 Å². The fraction of sp³-hybridized carbons (Fsp3) is 0.278. The van der Waals surface area contributed by atoms with Crippen LogP contribution in [-0.2, 0) is 6.42 Å². The number of hydrogen-bond acceptors (Lipinski definition) is 2. The van der Waals surface area contributed by atoms with Crippen molar-refractivity contribution in [1.29, 1.82) is 0 Å². The van der Waals surface area contributed by atoms with E-state index in [1.807, 2.05) is 55.5 Å². The molecule has 0 bridgehead atoms. The van der Waals surface area contributed by atoms with Crippen molar-refractivity contribution in [2.24, 2.45) is 0 Å². The summed E-state index contributed by atoms with van der Waals surface area (Å²) in [6, 6.07) is 15.0. The maximum absolute atomic E-state index is 11.9. The van der Waals surface area contributed by atoms with Gasteiger partial charge >= 0.3 is 6.03 Å². The van der Waals surface area contributed by atoms with Gasteiger partial charge in [0.1, 0.15) is 5.75 Å². The number of carbonyl (C=O) groups excluding carboxylic acids is 1. The average molecular weight is 333 g/mol. The summed E-state index contributed by atoms with van der Waals surface area (Å²) in [6.45, 7) is 2.52. The maximum atomic E-state index is 11.9. The van der Waals surface area contributed by atoms with Crippen LogP contribution < -0.4 is 15.4 Å². The highest BCUT2D eigenvalue weighted by Crippen LogP contribution is 2.17. The number of ether oxygens (including phenoxy) is 1. The largest absolute Gasteiger partial charge is 0.497 e. The van der Waals surface area contributed by atoms with Gasteiger partial charge in [-0.3, -0.25) is 0 Å². The molecule has 0 spiro atoms. The first-order valence-corrected chi connectivity index (χ1v) is 7.89. The molecule has 1 unspecified atom stereocenters. The number of carbonyl (C=O) groups is 1. The Morgan fingerprint density at radius 3 is 2.39 bits per heavy atom. The molecule has 4 nitrogen and oxygen atoms in total. The molecule has 1 atom stereocenters. The zero-order valence-corrected chi connectivity index (χ0v) is 14.1. The summed E-state index contributed by atoms with van der Waals surface area (Å²) in [5.41, 5.74) is 2.16. The minimum Gasteiger partial charge on any atom is -0.497 e. The molecule has 0 aliphatic heterocycles. The van der Waals surface area contributed by atoms with E-state index in [0.717, 1.165) is 23.3 Å². The van der Waals surface area contributed by atoms with Gasteiger partial charge in [0.2, 0.25) is 0 Å². The summed E-state index contributed by atoms with van der Waals surface area (Å²) < 4.78 is 5.12. The topological polar surface area (TPSA) is 50.4 Å². The van der Waals surface area contributed by atoms with Gasteiger partial charge in [0.25, 0.3) is 0 Å². The number of hydrogen-bond donors (Lipinski definition) is 2. The van der Waals surface area contributed by atoms with Crippen LogP contribution in [0.15, 0.2) is 48.5 Å². The Kier molecular flexibility index (Phi) is 6.29. The molecule has 2 aromatic rings. The Morgan fingerprint density at radius 1 is 1.13 bits per heavy atom.